The average Bonchev–Trinajstić information content (AvgIpc) is 3.05. The third-order valence-corrected chi connectivity index (χ3v) is 6.26. The van der Waals surface area contributed by atoms with E-state index in [4.69, 9.17) is 0 Å². The van der Waals surface area contributed by atoms with E-state index in [9.17, 15) is 0 Å². The largest absolute Gasteiger partial charge is 0.364 e. The van der Waals surface area contributed by atoms with E-state index in [-0.39, 0.29) is 5.54 Å². The Bertz CT molecular complexity index is 987. The highest BCUT2D eigenvalue weighted by Crippen LogP contribution is 2.45. The van der Waals surface area contributed by atoms with Gasteiger partial charge in [0.05, 0.1) is 5.54 Å². The highest BCUT2D eigenvalue weighted by Gasteiger charge is 2.44. The fraction of sp³-hybridized carbons (Fsp3) is 0.214. The number of aryl methyl sites for hydroxylation is 1. The van der Waals surface area contributed by atoms with Gasteiger partial charge in [0.2, 0.25) is 0 Å². The number of allylic oxidation sites excluding steroid dienone is 2. The predicted molar refractivity (Wildman–Crippen MR) is 124 cm³/mol. The minimum Gasteiger partial charge on any atom is -0.364 e. The maximum atomic E-state index is 4.04. The van der Waals surface area contributed by atoms with Gasteiger partial charge >= 0.3 is 0 Å². The second-order valence-corrected chi connectivity index (χ2v) is 7.97. The summed E-state index contributed by atoms with van der Waals surface area (Å²) < 4.78 is 0. The first-order valence-electron chi connectivity index (χ1n) is 10.4. The number of hydrogen-bond donors (Lipinski definition) is 0. The smallest absolute Gasteiger partial charge is 0.0695 e. The monoisotopic (exact) mass is 379 g/mol. The molecule has 3 aromatic carbocycles. The lowest BCUT2D eigenvalue weighted by molar-refractivity contribution is 0.474. The second-order valence-electron chi connectivity index (χ2n) is 7.97. The van der Waals surface area contributed by atoms with E-state index < -0.39 is 0 Å². The number of anilines is 1. The molecule has 1 unspecified atom stereocenters. The third-order valence-electron chi connectivity index (χ3n) is 6.26. The van der Waals surface area contributed by atoms with Crippen LogP contribution in [0, 0.1) is 0 Å². The van der Waals surface area contributed by atoms with Crippen LogP contribution < -0.4 is 4.90 Å². The van der Waals surface area contributed by atoms with Gasteiger partial charge in [-0.15, -0.1) is 0 Å². The summed E-state index contributed by atoms with van der Waals surface area (Å²) in [7, 11) is 2.26. The zero-order chi connectivity index (χ0) is 20.1. The third kappa shape index (κ3) is 3.91. The van der Waals surface area contributed by atoms with Gasteiger partial charge in [0.15, 0.2) is 0 Å². The minimum absolute atomic E-state index is 0.0615. The zero-order valence-corrected chi connectivity index (χ0v) is 17.2. The van der Waals surface area contributed by atoms with E-state index in [1.165, 1.54) is 28.0 Å². The number of benzene rings is 3. The zero-order valence-electron chi connectivity index (χ0n) is 17.2. The minimum atomic E-state index is -0.0615. The maximum Gasteiger partial charge on any atom is 0.0695 e. The first kappa shape index (κ1) is 19.3. The molecule has 0 aromatic heterocycles. The summed E-state index contributed by atoms with van der Waals surface area (Å²) in [6.07, 6.45) is 8.32. The topological polar surface area (TPSA) is 3.24 Å². The normalized spacial score (nSPS) is 18.5. The second kappa shape index (κ2) is 8.53. The number of rotatable bonds is 7. The summed E-state index contributed by atoms with van der Waals surface area (Å²) in [6.45, 7) is 4.04. The Labute approximate surface area is 175 Å². The molecule has 3 aromatic rings. The molecule has 0 bridgehead atoms. The van der Waals surface area contributed by atoms with Crippen molar-refractivity contribution in [1.82, 2.24) is 0 Å². The molecule has 1 heteroatoms. The van der Waals surface area contributed by atoms with Gasteiger partial charge in [-0.1, -0.05) is 97.6 Å². The highest BCUT2D eigenvalue weighted by molar-refractivity contribution is 5.64. The fourth-order valence-electron chi connectivity index (χ4n) is 4.75. The van der Waals surface area contributed by atoms with E-state index >= 15 is 0 Å². The summed E-state index contributed by atoms with van der Waals surface area (Å²) in [4.78, 5) is 2.51. The molecule has 0 fully saturated rings. The van der Waals surface area contributed by atoms with Crippen LogP contribution in [-0.4, -0.2) is 12.6 Å². The van der Waals surface area contributed by atoms with Crippen LogP contribution in [0.3, 0.4) is 0 Å². The van der Waals surface area contributed by atoms with Gasteiger partial charge < -0.3 is 4.90 Å². The summed E-state index contributed by atoms with van der Waals surface area (Å²) in [5.74, 6) is 0. The van der Waals surface area contributed by atoms with Gasteiger partial charge in [0, 0.05) is 19.2 Å². The van der Waals surface area contributed by atoms with Crippen LogP contribution in [0.15, 0.2) is 109 Å². The molecule has 0 saturated heterocycles. The van der Waals surface area contributed by atoms with Gasteiger partial charge in [-0.05, 0) is 47.6 Å². The Morgan fingerprint density at radius 1 is 0.897 bits per heavy atom. The van der Waals surface area contributed by atoms with Gasteiger partial charge in [0.25, 0.3) is 0 Å². The van der Waals surface area contributed by atoms with Crippen molar-refractivity contribution in [3.8, 4) is 0 Å². The molecule has 0 spiro atoms. The Hall–Kier alpha value is -3.06. The lowest BCUT2D eigenvalue weighted by Crippen LogP contribution is -2.48. The molecule has 1 aliphatic rings. The molecule has 1 heterocycles. The van der Waals surface area contributed by atoms with Crippen molar-refractivity contribution >= 4 is 5.69 Å². The molecule has 4 rings (SSSR count). The first-order valence-corrected chi connectivity index (χ1v) is 10.4. The summed E-state index contributed by atoms with van der Waals surface area (Å²) >= 11 is 0. The number of fused-ring (bicyclic) bond motifs is 1. The molecule has 1 atom stereocenters. The van der Waals surface area contributed by atoms with Gasteiger partial charge in [-0.25, -0.2) is 0 Å². The van der Waals surface area contributed by atoms with Crippen molar-refractivity contribution in [2.24, 2.45) is 0 Å². The Morgan fingerprint density at radius 2 is 1.52 bits per heavy atom. The Kier molecular flexibility index (Phi) is 5.67. The van der Waals surface area contributed by atoms with E-state index in [2.05, 4.69) is 110 Å². The molecule has 0 amide bonds. The molecular formula is C28H29N. The highest BCUT2D eigenvalue weighted by atomic mass is 15.2. The summed E-state index contributed by atoms with van der Waals surface area (Å²) in [6, 6.07) is 30.5. The van der Waals surface area contributed by atoms with Crippen molar-refractivity contribution in [2.45, 2.75) is 31.2 Å². The summed E-state index contributed by atoms with van der Waals surface area (Å²) in [5, 5.41) is 0. The van der Waals surface area contributed by atoms with Crippen LogP contribution in [0.5, 0.6) is 0 Å². The summed E-state index contributed by atoms with van der Waals surface area (Å²) in [5.41, 5.74) is 6.93. The molecule has 29 heavy (non-hydrogen) atoms. The van der Waals surface area contributed by atoms with Crippen molar-refractivity contribution in [1.29, 1.82) is 0 Å². The Balaban J connectivity index is 1.72. The number of hydrogen-bond acceptors (Lipinski definition) is 1. The SMILES string of the molecule is C=C/C=C(/CCc1ccccc1)C1(Cc2ccccc2)Cc2ccccc2N1C. The van der Waals surface area contributed by atoms with E-state index in [1.807, 2.05) is 6.08 Å². The molecule has 0 radical (unpaired) electrons. The van der Waals surface area contributed by atoms with Crippen LogP contribution in [0.25, 0.3) is 0 Å². The first-order chi connectivity index (χ1) is 14.2. The van der Waals surface area contributed by atoms with Gasteiger partial charge in [0.1, 0.15) is 0 Å². The van der Waals surface area contributed by atoms with Crippen LogP contribution in [0.2, 0.25) is 0 Å². The predicted octanol–water partition coefficient (Wildman–Crippen LogP) is 6.41. The van der Waals surface area contributed by atoms with E-state index in [0.29, 0.717) is 0 Å². The number of nitrogens with zero attached hydrogens (tertiary/aromatic N) is 1. The molecule has 1 nitrogen and oxygen atoms in total. The number of para-hydroxylation sites is 1. The van der Waals surface area contributed by atoms with Crippen LogP contribution in [0.1, 0.15) is 23.1 Å². The number of likely N-dealkylation sites (N-methyl/N-ethyl adjacent to an activating group) is 1. The van der Waals surface area contributed by atoms with E-state index in [1.54, 1.807) is 0 Å². The van der Waals surface area contributed by atoms with Crippen molar-refractivity contribution in [3.05, 3.63) is 126 Å². The fourth-order valence-corrected chi connectivity index (χ4v) is 4.75. The quantitative estimate of drug-likeness (QED) is 0.429. The maximum absolute atomic E-state index is 4.04. The molecule has 1 aliphatic heterocycles. The van der Waals surface area contributed by atoms with Gasteiger partial charge in [-0.3, -0.25) is 0 Å². The van der Waals surface area contributed by atoms with Crippen LogP contribution in [0.4, 0.5) is 5.69 Å². The van der Waals surface area contributed by atoms with Crippen LogP contribution >= 0.6 is 0 Å². The van der Waals surface area contributed by atoms with E-state index in [0.717, 1.165) is 25.7 Å². The molecular weight excluding hydrogens is 350 g/mol. The van der Waals surface area contributed by atoms with Crippen molar-refractivity contribution in [2.75, 3.05) is 11.9 Å². The van der Waals surface area contributed by atoms with Crippen molar-refractivity contribution in [3.63, 3.8) is 0 Å². The molecule has 0 N–H and O–H groups in total. The van der Waals surface area contributed by atoms with Crippen molar-refractivity contribution < 1.29 is 0 Å². The standard InChI is InChI=1S/C28H29N/c1-3-12-26(20-19-23-13-6-4-7-14-23)28(21-24-15-8-5-9-16-24)22-25-17-10-11-18-27(25)29(28)2/h3-18H,1,19-22H2,2H3/b26-12-. The lowest BCUT2D eigenvalue weighted by atomic mass is 9.77. The Morgan fingerprint density at radius 3 is 2.17 bits per heavy atom. The molecule has 146 valence electrons. The lowest BCUT2D eigenvalue weighted by Gasteiger charge is -2.41. The van der Waals surface area contributed by atoms with Crippen LogP contribution in [-0.2, 0) is 19.3 Å². The molecule has 0 saturated carbocycles. The average molecular weight is 380 g/mol. The van der Waals surface area contributed by atoms with Gasteiger partial charge in [-0.2, -0.15) is 0 Å². The molecule has 0 aliphatic carbocycles.